The number of fused-ring (bicyclic) bond motifs is 1. The number of likely N-dealkylation sites (tertiary alicyclic amines) is 1. The van der Waals surface area contributed by atoms with Crippen LogP contribution in [-0.4, -0.2) is 71.7 Å². The summed E-state index contributed by atoms with van der Waals surface area (Å²) in [5.74, 6) is 4.51. The van der Waals surface area contributed by atoms with Crippen molar-refractivity contribution in [1.82, 2.24) is 14.9 Å². The predicted molar refractivity (Wildman–Crippen MR) is 134 cm³/mol. The lowest BCUT2D eigenvalue weighted by Gasteiger charge is -2.34. The Bertz CT molecular complexity index is 988. The van der Waals surface area contributed by atoms with E-state index in [4.69, 9.17) is 5.84 Å². The number of halogens is 2. The maximum Gasteiger partial charge on any atom is 0.248 e. The Kier molecular flexibility index (Phi) is 7.53. The summed E-state index contributed by atoms with van der Waals surface area (Å²) in [4.78, 5) is 25.5. The van der Waals surface area contributed by atoms with Crippen LogP contribution in [0.2, 0.25) is 0 Å². The molecular weight excluding hydrogens is 454 g/mol. The first-order chi connectivity index (χ1) is 16.7. The van der Waals surface area contributed by atoms with Crippen molar-refractivity contribution in [3.63, 3.8) is 0 Å². The number of hydrogen-bond acceptors (Lipinski definition) is 8. The molecule has 2 aliphatic heterocycles. The molecule has 4 rings (SSSR count). The summed E-state index contributed by atoms with van der Waals surface area (Å²) in [7, 11) is 1.84. The van der Waals surface area contributed by atoms with E-state index in [-0.39, 0.29) is 30.8 Å². The molecule has 35 heavy (non-hydrogen) atoms. The number of carbonyl (C=O) groups is 1. The van der Waals surface area contributed by atoms with Crippen molar-refractivity contribution in [1.29, 1.82) is 0 Å². The third kappa shape index (κ3) is 5.88. The van der Waals surface area contributed by atoms with Crippen molar-refractivity contribution in [3.8, 4) is 0 Å². The van der Waals surface area contributed by atoms with Crippen LogP contribution < -0.4 is 21.4 Å². The Balaban J connectivity index is 1.34. The van der Waals surface area contributed by atoms with Gasteiger partial charge in [-0.2, -0.15) is 10.1 Å². The number of nitrogens with zero attached hydrogens (tertiary/aromatic N) is 5. The lowest BCUT2D eigenvalue weighted by atomic mass is 9.91. The molecule has 1 amide bonds. The summed E-state index contributed by atoms with van der Waals surface area (Å²) in [6.45, 7) is 6.04. The van der Waals surface area contributed by atoms with E-state index in [2.05, 4.69) is 36.7 Å². The van der Waals surface area contributed by atoms with E-state index >= 15 is 0 Å². The van der Waals surface area contributed by atoms with Gasteiger partial charge in [0.25, 0.3) is 0 Å². The zero-order valence-corrected chi connectivity index (χ0v) is 20.7. The molecule has 0 unspecified atom stereocenters. The van der Waals surface area contributed by atoms with Crippen LogP contribution in [0.15, 0.2) is 16.8 Å². The monoisotopic (exact) mass is 490 g/mol. The molecule has 4 N–H and O–H groups in total. The van der Waals surface area contributed by atoms with Crippen molar-refractivity contribution in [2.45, 2.75) is 70.4 Å². The van der Waals surface area contributed by atoms with Crippen LogP contribution in [0.5, 0.6) is 0 Å². The molecule has 11 heteroatoms. The van der Waals surface area contributed by atoms with E-state index < -0.39 is 5.92 Å². The van der Waals surface area contributed by atoms with Gasteiger partial charge in [0.2, 0.25) is 17.8 Å². The Morgan fingerprint density at radius 2 is 2.06 bits per heavy atom. The van der Waals surface area contributed by atoms with Gasteiger partial charge in [-0.3, -0.25) is 4.79 Å². The summed E-state index contributed by atoms with van der Waals surface area (Å²) in [5.41, 5.74) is 2.25. The first-order valence-electron chi connectivity index (χ1n) is 12.4. The SMILES string of the molecule is Cc1nc(NCC(/C=N\N)=C/C[C@H]2CCN(C3CCC(F)(F)CC3)C2)nc2c1NC(=O)[C@H](C)N2C. The molecule has 2 fully saturated rings. The number of nitrogens with one attached hydrogen (secondary N) is 2. The Hall–Kier alpha value is -2.82. The number of hydrazone groups is 1. The average molecular weight is 491 g/mol. The number of alkyl halides is 2. The highest BCUT2D eigenvalue weighted by Crippen LogP contribution is 2.37. The van der Waals surface area contributed by atoms with Gasteiger partial charge in [0.05, 0.1) is 11.9 Å². The van der Waals surface area contributed by atoms with Crippen LogP contribution in [0.4, 0.5) is 26.2 Å². The molecule has 1 aliphatic carbocycles. The normalized spacial score (nSPS) is 25.7. The van der Waals surface area contributed by atoms with E-state index in [1.807, 2.05) is 25.8 Å². The fourth-order valence-electron chi connectivity index (χ4n) is 5.17. The van der Waals surface area contributed by atoms with E-state index in [1.165, 1.54) is 0 Å². The summed E-state index contributed by atoms with van der Waals surface area (Å²) in [5, 5.41) is 9.83. The molecule has 1 aromatic heterocycles. The minimum absolute atomic E-state index is 0.00678. The molecule has 1 saturated heterocycles. The molecule has 9 nitrogen and oxygen atoms in total. The smallest absolute Gasteiger partial charge is 0.248 e. The Morgan fingerprint density at radius 1 is 1.31 bits per heavy atom. The molecule has 3 aliphatic rings. The Morgan fingerprint density at radius 3 is 2.77 bits per heavy atom. The molecule has 1 aromatic rings. The third-order valence-electron chi connectivity index (χ3n) is 7.54. The van der Waals surface area contributed by atoms with Crippen LogP contribution in [0.1, 0.15) is 51.1 Å². The van der Waals surface area contributed by atoms with Crippen LogP contribution in [-0.2, 0) is 4.79 Å². The molecule has 2 atom stereocenters. The topological polar surface area (TPSA) is 112 Å². The molecule has 0 aromatic carbocycles. The predicted octanol–water partition coefficient (Wildman–Crippen LogP) is 3.13. The minimum atomic E-state index is -2.48. The molecule has 192 valence electrons. The second-order valence-electron chi connectivity index (χ2n) is 9.99. The van der Waals surface area contributed by atoms with Crippen LogP contribution in [0.25, 0.3) is 0 Å². The maximum absolute atomic E-state index is 13.5. The largest absolute Gasteiger partial charge is 0.350 e. The third-order valence-corrected chi connectivity index (χ3v) is 7.54. The number of hydrogen-bond donors (Lipinski definition) is 3. The maximum atomic E-state index is 13.5. The number of aryl methyl sites for hydroxylation is 1. The second kappa shape index (κ2) is 10.4. The number of aromatic nitrogens is 2. The molecule has 0 spiro atoms. The molecule has 3 heterocycles. The zero-order chi connectivity index (χ0) is 25.2. The summed E-state index contributed by atoms with van der Waals surface area (Å²) in [6, 6.07) is -0.0362. The van der Waals surface area contributed by atoms with E-state index in [0.29, 0.717) is 48.5 Å². The second-order valence-corrected chi connectivity index (χ2v) is 9.99. The number of carbonyl (C=O) groups excluding carboxylic acids is 1. The number of likely N-dealkylation sites (N-methyl/N-ethyl adjacent to an activating group) is 1. The lowest BCUT2D eigenvalue weighted by Crippen LogP contribution is -2.44. The van der Waals surface area contributed by atoms with Crippen LogP contribution >= 0.6 is 0 Å². The molecule has 0 radical (unpaired) electrons. The number of nitrogens with two attached hydrogens (primary N) is 1. The van der Waals surface area contributed by atoms with Crippen molar-refractivity contribution in [3.05, 3.63) is 17.3 Å². The van der Waals surface area contributed by atoms with Crippen LogP contribution in [0.3, 0.4) is 0 Å². The number of anilines is 3. The van der Waals surface area contributed by atoms with Crippen molar-refractivity contribution in [2.24, 2.45) is 16.9 Å². The van der Waals surface area contributed by atoms with Gasteiger partial charge in [-0.1, -0.05) is 6.08 Å². The number of allylic oxidation sites excluding steroid dienone is 1. The molecule has 0 bridgehead atoms. The lowest BCUT2D eigenvalue weighted by molar-refractivity contribution is -0.117. The van der Waals surface area contributed by atoms with Gasteiger partial charge in [-0.05, 0) is 57.6 Å². The average Bonchev–Trinajstić information content (AvgIpc) is 3.29. The van der Waals surface area contributed by atoms with Crippen LogP contribution in [0, 0.1) is 12.8 Å². The van der Waals surface area contributed by atoms with Gasteiger partial charge < -0.3 is 26.3 Å². The van der Waals surface area contributed by atoms with Crippen molar-refractivity contribution in [2.75, 3.05) is 42.2 Å². The summed E-state index contributed by atoms with van der Waals surface area (Å²) in [6.07, 6.45) is 6.88. The first kappa shape index (κ1) is 25.3. The van der Waals surface area contributed by atoms with E-state index in [1.54, 1.807) is 6.21 Å². The Labute approximate surface area is 205 Å². The van der Waals surface area contributed by atoms with Gasteiger partial charge in [0.15, 0.2) is 5.82 Å². The van der Waals surface area contributed by atoms with E-state index in [9.17, 15) is 13.6 Å². The highest BCUT2D eigenvalue weighted by atomic mass is 19.3. The molecule has 1 saturated carbocycles. The number of amides is 1. The fraction of sp³-hybridized carbons (Fsp3) is 0.667. The quantitative estimate of drug-likeness (QED) is 0.306. The summed E-state index contributed by atoms with van der Waals surface area (Å²) >= 11 is 0. The molecular formula is C24H36F2N8O. The van der Waals surface area contributed by atoms with Gasteiger partial charge in [0, 0.05) is 39.0 Å². The van der Waals surface area contributed by atoms with Gasteiger partial charge >= 0.3 is 0 Å². The summed E-state index contributed by atoms with van der Waals surface area (Å²) < 4.78 is 27.0. The van der Waals surface area contributed by atoms with Crippen molar-refractivity contribution >= 4 is 29.6 Å². The minimum Gasteiger partial charge on any atom is -0.350 e. The highest BCUT2D eigenvalue weighted by Gasteiger charge is 2.38. The number of rotatable bonds is 7. The van der Waals surface area contributed by atoms with Crippen molar-refractivity contribution < 1.29 is 13.6 Å². The fourth-order valence-corrected chi connectivity index (χ4v) is 5.17. The first-order valence-corrected chi connectivity index (χ1v) is 12.4. The van der Waals surface area contributed by atoms with Gasteiger partial charge in [0.1, 0.15) is 11.7 Å². The van der Waals surface area contributed by atoms with Gasteiger partial charge in [-0.25, -0.2) is 13.8 Å². The van der Waals surface area contributed by atoms with E-state index in [0.717, 1.165) is 31.5 Å². The zero-order valence-electron chi connectivity index (χ0n) is 20.7. The van der Waals surface area contributed by atoms with Gasteiger partial charge in [-0.15, -0.1) is 0 Å². The standard InChI is InChI=1S/C24H36F2N8O/c1-15-20-21(33(3)16(2)22(35)31-20)32-23(30-15)28-12-18(13-29-27)5-4-17-8-11-34(14-17)19-6-9-24(25,26)10-7-19/h5,13,16-17,19H,4,6-12,14,27H2,1-3H3,(H,31,35)(H,28,30,32)/b18-5-,29-13-/t16-,17-/m0/s1. The highest BCUT2D eigenvalue weighted by molar-refractivity contribution is 6.03.